The topological polar surface area (TPSA) is 63.6 Å². The van der Waals surface area contributed by atoms with Crippen molar-refractivity contribution in [3.05, 3.63) is 6.08 Å². The van der Waals surface area contributed by atoms with E-state index in [0.29, 0.717) is 0 Å². The smallest absolute Gasteiger partial charge is 0.337 e. The molecule has 1 atom stereocenters. The Hall–Kier alpha value is -1.12. The second-order valence-electron chi connectivity index (χ2n) is 1.28. The van der Waals surface area contributed by atoms with Crippen molar-refractivity contribution in [2.45, 2.75) is 6.10 Å². The molecule has 1 N–H and O–H groups in total. The van der Waals surface area contributed by atoms with Crippen molar-refractivity contribution >= 4 is 11.9 Å². The van der Waals surface area contributed by atoms with Crippen LogP contribution >= 0.6 is 0 Å². The summed E-state index contributed by atoms with van der Waals surface area (Å²) >= 11 is 0. The van der Waals surface area contributed by atoms with Crippen LogP contribution in [-0.4, -0.2) is 30.2 Å². The van der Waals surface area contributed by atoms with E-state index < -0.39 is 12.1 Å². The zero-order valence-electron chi connectivity index (χ0n) is 4.83. The van der Waals surface area contributed by atoms with Crippen LogP contribution in [0, 0.1) is 0 Å². The summed E-state index contributed by atoms with van der Waals surface area (Å²) in [6, 6.07) is 0. The van der Waals surface area contributed by atoms with Gasteiger partial charge < -0.3 is 9.84 Å². The summed E-state index contributed by atoms with van der Waals surface area (Å²) < 4.78 is 4.33. The molecule has 0 saturated heterocycles. The van der Waals surface area contributed by atoms with Gasteiger partial charge in [-0.3, -0.25) is 0 Å². The van der Waals surface area contributed by atoms with Crippen LogP contribution in [-0.2, 0) is 14.3 Å². The summed E-state index contributed by atoms with van der Waals surface area (Å²) in [6.07, 6.45) is -0.370. The van der Waals surface area contributed by atoms with Crippen molar-refractivity contribution in [2.24, 2.45) is 0 Å². The molecule has 0 aromatic rings. The second-order valence-corrected chi connectivity index (χ2v) is 1.28. The van der Waals surface area contributed by atoms with Gasteiger partial charge in [-0.05, 0) is 0 Å². The van der Waals surface area contributed by atoms with Crippen LogP contribution in [0.1, 0.15) is 0 Å². The Labute approximate surface area is 51.7 Å². The van der Waals surface area contributed by atoms with E-state index >= 15 is 0 Å². The normalized spacial score (nSPS) is 11.7. The highest BCUT2D eigenvalue weighted by Gasteiger charge is 2.11. The molecule has 0 aromatic carbocycles. The monoisotopic (exact) mass is 130 g/mol. The molecule has 0 spiro atoms. The first-order valence-electron chi connectivity index (χ1n) is 2.19. The van der Waals surface area contributed by atoms with Crippen molar-refractivity contribution in [1.82, 2.24) is 0 Å². The highest BCUT2D eigenvalue weighted by Crippen LogP contribution is 1.87. The Morgan fingerprint density at radius 1 is 1.89 bits per heavy atom. The average Bonchev–Trinajstić information content (AvgIpc) is 1.82. The van der Waals surface area contributed by atoms with Gasteiger partial charge in [0.2, 0.25) is 0 Å². The van der Waals surface area contributed by atoms with Crippen molar-refractivity contribution in [3.8, 4) is 0 Å². The Bertz CT molecular complexity index is 143. The standard InChI is InChI=1S/C5H6O4/c1-9-4(2-3-6)5(7)8/h2,4H,1H3,(H,7,8). The fourth-order valence-corrected chi connectivity index (χ4v) is 0.302. The van der Waals surface area contributed by atoms with Crippen LogP contribution in [0.15, 0.2) is 6.08 Å². The Balaban J connectivity index is 3.98. The fourth-order valence-electron chi connectivity index (χ4n) is 0.302. The molecular formula is C5H6O4. The van der Waals surface area contributed by atoms with E-state index in [-0.39, 0.29) is 0 Å². The minimum Gasteiger partial charge on any atom is -0.479 e. The minimum atomic E-state index is -1.19. The van der Waals surface area contributed by atoms with E-state index in [1.807, 2.05) is 0 Å². The SMILES string of the molecule is COC(C=C=O)C(=O)O. The number of carboxylic acid groups (broad SMARTS) is 1. The molecule has 0 aliphatic rings. The molecule has 4 heteroatoms. The van der Waals surface area contributed by atoms with Crippen molar-refractivity contribution in [2.75, 3.05) is 7.11 Å². The molecule has 0 aliphatic heterocycles. The summed E-state index contributed by atoms with van der Waals surface area (Å²) in [5, 5.41) is 8.17. The molecule has 50 valence electrons. The van der Waals surface area contributed by atoms with Crippen LogP contribution in [0.2, 0.25) is 0 Å². The zero-order valence-corrected chi connectivity index (χ0v) is 4.83. The molecule has 0 heterocycles. The van der Waals surface area contributed by atoms with E-state index in [1.165, 1.54) is 13.1 Å². The summed E-state index contributed by atoms with van der Waals surface area (Å²) in [7, 11) is 1.20. The van der Waals surface area contributed by atoms with E-state index in [1.54, 1.807) is 0 Å². The molecule has 9 heavy (non-hydrogen) atoms. The Morgan fingerprint density at radius 2 is 2.44 bits per heavy atom. The lowest BCUT2D eigenvalue weighted by molar-refractivity contribution is -0.145. The van der Waals surface area contributed by atoms with Crippen molar-refractivity contribution < 1.29 is 19.4 Å². The van der Waals surface area contributed by atoms with Gasteiger partial charge in [0.05, 0.1) is 0 Å². The third-order valence-corrected chi connectivity index (χ3v) is 0.717. The van der Waals surface area contributed by atoms with Gasteiger partial charge in [0.25, 0.3) is 0 Å². The zero-order chi connectivity index (χ0) is 7.28. The van der Waals surface area contributed by atoms with E-state index in [4.69, 9.17) is 5.11 Å². The second kappa shape index (κ2) is 3.83. The maximum atomic E-state index is 9.99. The molecule has 0 saturated carbocycles. The molecule has 0 rings (SSSR count). The van der Waals surface area contributed by atoms with Gasteiger partial charge in [-0.25, -0.2) is 9.59 Å². The Kier molecular flexibility index (Phi) is 3.35. The molecule has 0 bridgehead atoms. The third-order valence-electron chi connectivity index (χ3n) is 0.717. The van der Waals surface area contributed by atoms with Crippen molar-refractivity contribution in [1.29, 1.82) is 0 Å². The number of aliphatic carboxylic acids is 1. The van der Waals surface area contributed by atoms with Gasteiger partial charge in [-0.15, -0.1) is 0 Å². The van der Waals surface area contributed by atoms with E-state index in [9.17, 15) is 9.59 Å². The molecular weight excluding hydrogens is 124 g/mol. The lowest BCUT2D eigenvalue weighted by Gasteiger charge is -1.99. The molecule has 4 nitrogen and oxygen atoms in total. The molecule has 0 aromatic heterocycles. The number of carbonyl (C=O) groups is 1. The van der Waals surface area contributed by atoms with E-state index in [0.717, 1.165) is 6.08 Å². The number of carboxylic acids is 1. The lowest BCUT2D eigenvalue weighted by Crippen LogP contribution is -2.19. The largest absolute Gasteiger partial charge is 0.479 e. The summed E-state index contributed by atoms with van der Waals surface area (Å²) in [6.45, 7) is 0. The van der Waals surface area contributed by atoms with Crippen LogP contribution in [0.5, 0.6) is 0 Å². The first kappa shape index (κ1) is 7.88. The third kappa shape index (κ3) is 2.64. The maximum absolute atomic E-state index is 9.99. The van der Waals surface area contributed by atoms with E-state index in [2.05, 4.69) is 4.74 Å². The minimum absolute atomic E-state index is 0.794. The summed E-state index contributed by atoms with van der Waals surface area (Å²) in [5.74, 6) is 0.126. The van der Waals surface area contributed by atoms with Crippen LogP contribution in [0.4, 0.5) is 0 Å². The molecule has 0 fully saturated rings. The van der Waals surface area contributed by atoms with Gasteiger partial charge >= 0.3 is 5.97 Å². The quantitative estimate of drug-likeness (QED) is 0.522. The number of hydrogen-bond acceptors (Lipinski definition) is 3. The summed E-state index contributed by atoms with van der Waals surface area (Å²) in [4.78, 5) is 19.5. The van der Waals surface area contributed by atoms with Crippen LogP contribution in [0.3, 0.4) is 0 Å². The number of hydrogen-bond donors (Lipinski definition) is 1. The number of ether oxygens (including phenoxy) is 1. The van der Waals surface area contributed by atoms with Crippen molar-refractivity contribution in [3.63, 3.8) is 0 Å². The lowest BCUT2D eigenvalue weighted by atomic mass is 10.4. The predicted molar refractivity (Wildman–Crippen MR) is 28.7 cm³/mol. The predicted octanol–water partition coefficient (Wildman–Crippen LogP) is -0.526. The average molecular weight is 130 g/mol. The van der Waals surface area contributed by atoms with Gasteiger partial charge in [-0.1, -0.05) is 0 Å². The number of methoxy groups -OCH3 is 1. The highest BCUT2D eigenvalue weighted by molar-refractivity contribution is 5.77. The number of rotatable bonds is 3. The van der Waals surface area contributed by atoms with Gasteiger partial charge in [0.1, 0.15) is 5.94 Å². The first-order valence-corrected chi connectivity index (χ1v) is 2.19. The highest BCUT2D eigenvalue weighted by atomic mass is 16.5. The molecule has 0 amide bonds. The molecule has 0 aliphatic carbocycles. The Morgan fingerprint density at radius 3 is 2.56 bits per heavy atom. The molecule has 0 radical (unpaired) electrons. The summed E-state index contributed by atoms with van der Waals surface area (Å²) in [5.41, 5.74) is 0. The number of carbonyl (C=O) groups excluding carboxylic acids is 1. The van der Waals surface area contributed by atoms with Gasteiger partial charge in [0.15, 0.2) is 6.10 Å². The van der Waals surface area contributed by atoms with Gasteiger partial charge in [-0.2, -0.15) is 0 Å². The first-order chi connectivity index (χ1) is 4.22. The maximum Gasteiger partial charge on any atom is 0.337 e. The molecule has 1 unspecified atom stereocenters. The fraction of sp³-hybridized carbons (Fsp3) is 0.400. The van der Waals surface area contributed by atoms with Crippen LogP contribution < -0.4 is 0 Å². The van der Waals surface area contributed by atoms with Gasteiger partial charge in [0, 0.05) is 13.2 Å². The van der Waals surface area contributed by atoms with Crippen LogP contribution in [0.25, 0.3) is 0 Å².